The van der Waals surface area contributed by atoms with Gasteiger partial charge in [0.1, 0.15) is 0 Å². The Bertz CT molecular complexity index is 2420. The fourth-order valence-corrected chi connectivity index (χ4v) is 7.91. The van der Waals surface area contributed by atoms with Crippen molar-refractivity contribution in [3.05, 3.63) is 140 Å². The molecule has 2 heteroatoms. The minimum atomic E-state index is 1.18. The molecule has 1 nitrogen and oxygen atoms in total. The second-order valence-corrected chi connectivity index (χ2v) is 11.6. The molecule has 0 saturated heterocycles. The molecule has 2 aromatic heterocycles. The SMILES string of the molecule is c1ccc(-c2cccc(-n3c4ccccc4c4c5c(ccc6c7ccccc7sc65)c5ccccc5c43)c2)cc1. The summed E-state index contributed by atoms with van der Waals surface area (Å²) in [5.74, 6) is 0. The maximum Gasteiger partial charge on any atom is 0.0626 e. The smallest absolute Gasteiger partial charge is 0.0626 e. The summed E-state index contributed by atoms with van der Waals surface area (Å²) in [4.78, 5) is 0. The Kier molecular flexibility index (Phi) is 4.55. The Morgan fingerprint density at radius 2 is 1.10 bits per heavy atom. The monoisotopic (exact) mass is 525 g/mol. The summed E-state index contributed by atoms with van der Waals surface area (Å²) in [7, 11) is 0. The summed E-state index contributed by atoms with van der Waals surface area (Å²) < 4.78 is 5.20. The van der Waals surface area contributed by atoms with Gasteiger partial charge in [0.25, 0.3) is 0 Å². The van der Waals surface area contributed by atoms with Crippen molar-refractivity contribution >= 4 is 74.9 Å². The first-order valence-corrected chi connectivity index (χ1v) is 14.5. The molecule has 0 bridgehead atoms. The van der Waals surface area contributed by atoms with Crippen LogP contribution >= 0.6 is 11.3 Å². The van der Waals surface area contributed by atoms with Crippen LogP contribution in [0.1, 0.15) is 0 Å². The standard InChI is InChI=1S/C38H23NS/c1-2-11-24(12-3-1)25-13-10-14-26(23-25)39-33-19-8-6-18-32(33)35-36-29(27-15-4-5-17-30(27)37(35)39)21-22-31-28-16-7-9-20-34(28)40-38(31)36/h1-23H. The van der Waals surface area contributed by atoms with Gasteiger partial charge in [0.05, 0.1) is 11.0 Å². The van der Waals surface area contributed by atoms with Crippen molar-refractivity contribution < 1.29 is 0 Å². The number of hydrogen-bond acceptors (Lipinski definition) is 1. The first-order valence-electron chi connectivity index (χ1n) is 13.7. The van der Waals surface area contributed by atoms with Crippen molar-refractivity contribution in [1.82, 2.24) is 4.57 Å². The van der Waals surface area contributed by atoms with Gasteiger partial charge in [-0.25, -0.2) is 0 Å². The highest BCUT2D eigenvalue weighted by atomic mass is 32.1. The molecular weight excluding hydrogens is 502 g/mol. The Balaban J connectivity index is 1.53. The summed E-state index contributed by atoms with van der Waals surface area (Å²) in [5, 5.41) is 10.6. The minimum Gasteiger partial charge on any atom is -0.309 e. The molecule has 0 unspecified atom stereocenters. The number of hydrogen-bond donors (Lipinski definition) is 0. The second-order valence-electron chi connectivity index (χ2n) is 10.5. The molecule has 0 amide bonds. The molecule has 7 aromatic carbocycles. The quantitative estimate of drug-likeness (QED) is 0.198. The summed E-state index contributed by atoms with van der Waals surface area (Å²) in [6.07, 6.45) is 0. The molecule has 9 aromatic rings. The molecule has 0 aliphatic heterocycles. The third-order valence-electron chi connectivity index (χ3n) is 8.36. The van der Waals surface area contributed by atoms with E-state index in [9.17, 15) is 0 Å². The lowest BCUT2D eigenvalue weighted by atomic mass is 9.95. The minimum absolute atomic E-state index is 1.18. The molecule has 0 spiro atoms. The van der Waals surface area contributed by atoms with Crippen molar-refractivity contribution in [2.75, 3.05) is 0 Å². The van der Waals surface area contributed by atoms with Crippen LogP contribution in [0.4, 0.5) is 0 Å². The summed E-state index contributed by atoms with van der Waals surface area (Å²) >= 11 is 1.92. The van der Waals surface area contributed by atoms with Gasteiger partial charge in [0, 0.05) is 47.4 Å². The molecule has 0 saturated carbocycles. The molecular formula is C38H23NS. The highest BCUT2D eigenvalue weighted by molar-refractivity contribution is 7.26. The molecule has 0 radical (unpaired) electrons. The molecule has 0 N–H and O–H groups in total. The van der Waals surface area contributed by atoms with Crippen molar-refractivity contribution in [3.63, 3.8) is 0 Å². The molecule has 40 heavy (non-hydrogen) atoms. The lowest BCUT2D eigenvalue weighted by Gasteiger charge is -2.14. The third-order valence-corrected chi connectivity index (χ3v) is 9.56. The van der Waals surface area contributed by atoms with Crippen LogP contribution in [0, 0.1) is 0 Å². The zero-order valence-corrected chi connectivity index (χ0v) is 22.5. The van der Waals surface area contributed by atoms with E-state index in [0.717, 1.165) is 0 Å². The van der Waals surface area contributed by atoms with E-state index in [1.54, 1.807) is 0 Å². The molecule has 0 fully saturated rings. The van der Waals surface area contributed by atoms with E-state index in [2.05, 4.69) is 144 Å². The van der Waals surface area contributed by atoms with E-state index >= 15 is 0 Å². The fraction of sp³-hybridized carbons (Fsp3) is 0. The first-order chi connectivity index (χ1) is 19.9. The van der Waals surface area contributed by atoms with Crippen LogP contribution < -0.4 is 0 Å². The molecule has 9 rings (SSSR count). The first kappa shape index (κ1) is 22.0. The Labute approximate surface area is 235 Å². The van der Waals surface area contributed by atoms with Crippen LogP contribution in [-0.4, -0.2) is 4.57 Å². The van der Waals surface area contributed by atoms with Crippen LogP contribution in [0.15, 0.2) is 140 Å². The zero-order chi connectivity index (χ0) is 26.2. The summed E-state index contributed by atoms with van der Waals surface area (Å²) in [6, 6.07) is 51.0. The van der Waals surface area contributed by atoms with Gasteiger partial charge in [0.2, 0.25) is 0 Å². The largest absolute Gasteiger partial charge is 0.309 e. The number of fused-ring (bicyclic) bond motifs is 12. The predicted octanol–water partition coefficient (Wildman–Crippen LogP) is 11.1. The highest BCUT2D eigenvalue weighted by Crippen LogP contribution is 2.47. The van der Waals surface area contributed by atoms with Crippen molar-refractivity contribution in [1.29, 1.82) is 0 Å². The predicted molar refractivity (Wildman–Crippen MR) is 174 cm³/mol. The van der Waals surface area contributed by atoms with Crippen LogP contribution in [0.3, 0.4) is 0 Å². The average Bonchev–Trinajstić information content (AvgIpc) is 3.58. The molecule has 0 aliphatic carbocycles. The number of nitrogens with zero attached hydrogens (tertiary/aromatic N) is 1. The van der Waals surface area contributed by atoms with Gasteiger partial charge in [-0.05, 0) is 46.2 Å². The highest BCUT2D eigenvalue weighted by Gasteiger charge is 2.21. The lowest BCUT2D eigenvalue weighted by Crippen LogP contribution is -1.95. The van der Waals surface area contributed by atoms with Crippen LogP contribution in [0.25, 0.3) is 80.3 Å². The fourth-order valence-electron chi connectivity index (χ4n) is 6.66. The van der Waals surface area contributed by atoms with Crippen LogP contribution in [0.2, 0.25) is 0 Å². The Hall–Kier alpha value is -4.92. The average molecular weight is 526 g/mol. The van der Waals surface area contributed by atoms with Gasteiger partial charge in [-0.15, -0.1) is 11.3 Å². The van der Waals surface area contributed by atoms with Crippen molar-refractivity contribution in [2.45, 2.75) is 0 Å². The maximum atomic E-state index is 2.49. The Morgan fingerprint density at radius 3 is 1.98 bits per heavy atom. The second kappa shape index (κ2) is 8.29. The van der Waals surface area contributed by atoms with E-state index in [0.29, 0.717) is 0 Å². The Morgan fingerprint density at radius 1 is 0.425 bits per heavy atom. The van der Waals surface area contributed by atoms with Gasteiger partial charge in [0.15, 0.2) is 0 Å². The number of aromatic nitrogens is 1. The zero-order valence-electron chi connectivity index (χ0n) is 21.6. The van der Waals surface area contributed by atoms with Crippen molar-refractivity contribution in [3.8, 4) is 16.8 Å². The van der Waals surface area contributed by atoms with Crippen LogP contribution in [0.5, 0.6) is 0 Å². The van der Waals surface area contributed by atoms with E-state index in [-0.39, 0.29) is 0 Å². The molecule has 2 heterocycles. The number of benzene rings is 7. The number of para-hydroxylation sites is 1. The summed E-state index contributed by atoms with van der Waals surface area (Å²) in [6.45, 7) is 0. The van der Waals surface area contributed by atoms with E-state index in [1.165, 1.54) is 80.3 Å². The van der Waals surface area contributed by atoms with Gasteiger partial charge in [-0.1, -0.05) is 115 Å². The van der Waals surface area contributed by atoms with E-state index < -0.39 is 0 Å². The van der Waals surface area contributed by atoms with Gasteiger partial charge in [-0.3, -0.25) is 0 Å². The third kappa shape index (κ3) is 2.97. The van der Waals surface area contributed by atoms with Crippen molar-refractivity contribution in [2.24, 2.45) is 0 Å². The van der Waals surface area contributed by atoms with E-state index in [1.807, 2.05) is 11.3 Å². The lowest BCUT2D eigenvalue weighted by molar-refractivity contribution is 1.19. The number of thiophene rings is 1. The van der Waals surface area contributed by atoms with Crippen LogP contribution in [-0.2, 0) is 0 Å². The molecule has 0 atom stereocenters. The maximum absolute atomic E-state index is 2.49. The van der Waals surface area contributed by atoms with Gasteiger partial charge < -0.3 is 4.57 Å². The topological polar surface area (TPSA) is 4.93 Å². The van der Waals surface area contributed by atoms with Gasteiger partial charge in [-0.2, -0.15) is 0 Å². The summed E-state index contributed by atoms with van der Waals surface area (Å²) in [5.41, 5.74) is 6.15. The normalized spacial score (nSPS) is 12.0. The molecule has 186 valence electrons. The molecule has 0 aliphatic rings. The number of rotatable bonds is 2. The van der Waals surface area contributed by atoms with Gasteiger partial charge >= 0.3 is 0 Å². The van der Waals surface area contributed by atoms with E-state index in [4.69, 9.17) is 0 Å².